The molecule has 0 aliphatic rings. The fraction of sp³-hybridized carbons (Fsp3) is 0.294. The highest BCUT2D eigenvalue weighted by Crippen LogP contribution is 2.27. The van der Waals surface area contributed by atoms with Crippen LogP contribution in [0.4, 0.5) is 5.69 Å². The average Bonchev–Trinajstić information content (AvgIpc) is 2.36. The van der Waals surface area contributed by atoms with Gasteiger partial charge >= 0.3 is 0 Å². The number of halogens is 1. The number of rotatable bonds is 3. The molecule has 0 heterocycles. The van der Waals surface area contributed by atoms with E-state index in [1.165, 1.54) is 22.3 Å². The zero-order valence-electron chi connectivity index (χ0n) is 11.9. The van der Waals surface area contributed by atoms with Crippen molar-refractivity contribution in [2.24, 2.45) is 0 Å². The largest absolute Gasteiger partial charge is 0.377 e. The molecule has 0 saturated heterocycles. The van der Waals surface area contributed by atoms with Gasteiger partial charge in [0.25, 0.3) is 0 Å². The van der Waals surface area contributed by atoms with Gasteiger partial charge in [0.05, 0.1) is 10.7 Å². The molecule has 0 aliphatic carbocycles. The maximum Gasteiger partial charge on any atom is 0.0640 e. The Morgan fingerprint density at radius 1 is 0.947 bits per heavy atom. The Morgan fingerprint density at radius 3 is 2.32 bits per heavy atom. The van der Waals surface area contributed by atoms with Crippen LogP contribution in [0.15, 0.2) is 36.4 Å². The Kier molecular flexibility index (Phi) is 4.16. The standard InChI is InChI=1S/C17H20ClN/c1-11-5-8-17(16(18)9-11)19-14(4)15-7-6-12(2)13(3)10-15/h5-10,14,19H,1-4H3. The molecule has 2 rings (SSSR count). The highest BCUT2D eigenvalue weighted by molar-refractivity contribution is 6.33. The molecule has 0 fully saturated rings. The number of benzene rings is 2. The van der Waals surface area contributed by atoms with Crippen molar-refractivity contribution in [2.75, 3.05) is 5.32 Å². The third-order valence-corrected chi connectivity index (χ3v) is 3.84. The zero-order chi connectivity index (χ0) is 14.0. The number of aryl methyl sites for hydroxylation is 3. The SMILES string of the molecule is Cc1ccc(NC(C)c2ccc(C)c(C)c2)c(Cl)c1. The third-order valence-electron chi connectivity index (χ3n) is 3.53. The van der Waals surface area contributed by atoms with E-state index in [1.54, 1.807) is 0 Å². The lowest BCUT2D eigenvalue weighted by Gasteiger charge is -2.18. The second kappa shape index (κ2) is 5.66. The maximum absolute atomic E-state index is 6.26. The van der Waals surface area contributed by atoms with Crippen LogP contribution in [-0.4, -0.2) is 0 Å². The van der Waals surface area contributed by atoms with E-state index >= 15 is 0 Å². The quantitative estimate of drug-likeness (QED) is 0.785. The smallest absolute Gasteiger partial charge is 0.0640 e. The van der Waals surface area contributed by atoms with Crippen molar-refractivity contribution < 1.29 is 0 Å². The van der Waals surface area contributed by atoms with E-state index in [9.17, 15) is 0 Å². The van der Waals surface area contributed by atoms with Gasteiger partial charge in [0.15, 0.2) is 0 Å². The van der Waals surface area contributed by atoms with E-state index in [-0.39, 0.29) is 6.04 Å². The van der Waals surface area contributed by atoms with Gasteiger partial charge in [0.2, 0.25) is 0 Å². The molecule has 1 nitrogen and oxygen atoms in total. The minimum absolute atomic E-state index is 0.236. The van der Waals surface area contributed by atoms with Crippen LogP contribution in [-0.2, 0) is 0 Å². The molecule has 1 unspecified atom stereocenters. The summed E-state index contributed by atoms with van der Waals surface area (Å²) in [5.41, 5.74) is 6.08. The van der Waals surface area contributed by atoms with Crippen LogP contribution in [0.1, 0.15) is 35.2 Å². The van der Waals surface area contributed by atoms with Crippen LogP contribution in [0, 0.1) is 20.8 Å². The zero-order valence-corrected chi connectivity index (χ0v) is 12.7. The lowest BCUT2D eigenvalue weighted by Crippen LogP contribution is -2.07. The first-order valence-corrected chi connectivity index (χ1v) is 6.95. The topological polar surface area (TPSA) is 12.0 Å². The van der Waals surface area contributed by atoms with Gasteiger partial charge in [-0.1, -0.05) is 35.9 Å². The van der Waals surface area contributed by atoms with E-state index in [2.05, 4.69) is 50.4 Å². The molecule has 19 heavy (non-hydrogen) atoms. The molecular formula is C17H20ClN. The molecule has 2 aromatic carbocycles. The third kappa shape index (κ3) is 3.30. The Labute approximate surface area is 120 Å². The first-order valence-electron chi connectivity index (χ1n) is 6.57. The molecule has 0 bridgehead atoms. The molecule has 1 atom stereocenters. The summed E-state index contributed by atoms with van der Waals surface area (Å²) >= 11 is 6.26. The predicted octanol–water partition coefficient (Wildman–Crippen LogP) is 5.44. The molecule has 2 heteroatoms. The van der Waals surface area contributed by atoms with Gasteiger partial charge in [-0.2, -0.15) is 0 Å². The second-order valence-electron chi connectivity index (χ2n) is 5.19. The number of nitrogens with one attached hydrogen (secondary N) is 1. The van der Waals surface area contributed by atoms with E-state index in [1.807, 2.05) is 19.1 Å². The van der Waals surface area contributed by atoms with Crippen molar-refractivity contribution in [1.82, 2.24) is 0 Å². The van der Waals surface area contributed by atoms with Crippen LogP contribution in [0.5, 0.6) is 0 Å². The number of hydrogen-bond donors (Lipinski definition) is 1. The summed E-state index contributed by atoms with van der Waals surface area (Å²) in [7, 11) is 0. The molecule has 0 saturated carbocycles. The van der Waals surface area contributed by atoms with Crippen LogP contribution >= 0.6 is 11.6 Å². The van der Waals surface area contributed by atoms with Crippen LogP contribution < -0.4 is 5.32 Å². The molecule has 0 radical (unpaired) electrons. The van der Waals surface area contributed by atoms with Gasteiger partial charge in [-0.25, -0.2) is 0 Å². The summed E-state index contributed by atoms with van der Waals surface area (Å²) in [5.74, 6) is 0. The van der Waals surface area contributed by atoms with Gasteiger partial charge in [-0.15, -0.1) is 0 Å². The fourth-order valence-corrected chi connectivity index (χ4v) is 2.38. The predicted molar refractivity (Wildman–Crippen MR) is 84.1 cm³/mol. The van der Waals surface area contributed by atoms with Gasteiger partial charge in [-0.05, 0) is 62.1 Å². The molecule has 0 amide bonds. The van der Waals surface area contributed by atoms with Crippen LogP contribution in [0.3, 0.4) is 0 Å². The molecule has 0 aliphatic heterocycles. The average molecular weight is 274 g/mol. The van der Waals surface area contributed by atoms with Crippen LogP contribution in [0.25, 0.3) is 0 Å². The fourth-order valence-electron chi connectivity index (χ4n) is 2.09. The van der Waals surface area contributed by atoms with Crippen LogP contribution in [0.2, 0.25) is 5.02 Å². The second-order valence-corrected chi connectivity index (χ2v) is 5.60. The van der Waals surface area contributed by atoms with Gasteiger partial charge < -0.3 is 5.32 Å². The Morgan fingerprint density at radius 2 is 1.68 bits per heavy atom. The minimum atomic E-state index is 0.236. The molecular weight excluding hydrogens is 254 g/mol. The highest BCUT2D eigenvalue weighted by atomic mass is 35.5. The Bertz CT molecular complexity index is 590. The highest BCUT2D eigenvalue weighted by Gasteiger charge is 2.08. The monoisotopic (exact) mass is 273 g/mol. The molecule has 100 valence electrons. The summed E-state index contributed by atoms with van der Waals surface area (Å²) in [6, 6.07) is 12.9. The van der Waals surface area contributed by atoms with E-state index in [4.69, 9.17) is 11.6 Å². The minimum Gasteiger partial charge on any atom is -0.377 e. The molecule has 1 N–H and O–H groups in total. The molecule has 0 spiro atoms. The lowest BCUT2D eigenvalue weighted by molar-refractivity contribution is 0.881. The summed E-state index contributed by atoms with van der Waals surface area (Å²) in [6.45, 7) is 8.47. The van der Waals surface area contributed by atoms with Gasteiger partial charge in [0, 0.05) is 6.04 Å². The first kappa shape index (κ1) is 14.0. The Hall–Kier alpha value is -1.47. The van der Waals surface area contributed by atoms with Crippen molar-refractivity contribution in [3.63, 3.8) is 0 Å². The van der Waals surface area contributed by atoms with E-state index in [0.717, 1.165) is 10.7 Å². The summed E-state index contributed by atoms with van der Waals surface area (Å²) in [5, 5.41) is 4.24. The van der Waals surface area contributed by atoms with E-state index < -0.39 is 0 Å². The molecule has 2 aromatic rings. The van der Waals surface area contributed by atoms with Crippen molar-refractivity contribution in [1.29, 1.82) is 0 Å². The van der Waals surface area contributed by atoms with Crippen molar-refractivity contribution in [3.05, 3.63) is 63.7 Å². The number of anilines is 1. The summed E-state index contributed by atoms with van der Waals surface area (Å²) in [6.07, 6.45) is 0. The Balaban J connectivity index is 2.20. The van der Waals surface area contributed by atoms with E-state index in [0.29, 0.717) is 0 Å². The van der Waals surface area contributed by atoms with Crippen molar-refractivity contribution in [3.8, 4) is 0 Å². The maximum atomic E-state index is 6.26. The van der Waals surface area contributed by atoms with Crippen molar-refractivity contribution >= 4 is 17.3 Å². The normalized spacial score (nSPS) is 12.3. The lowest BCUT2D eigenvalue weighted by atomic mass is 10.0. The molecule has 0 aromatic heterocycles. The van der Waals surface area contributed by atoms with Crippen molar-refractivity contribution in [2.45, 2.75) is 33.7 Å². The summed E-state index contributed by atoms with van der Waals surface area (Å²) < 4.78 is 0. The first-order chi connectivity index (χ1) is 8.97. The van der Waals surface area contributed by atoms with Gasteiger partial charge in [-0.3, -0.25) is 0 Å². The summed E-state index contributed by atoms with van der Waals surface area (Å²) in [4.78, 5) is 0. The van der Waals surface area contributed by atoms with Gasteiger partial charge in [0.1, 0.15) is 0 Å². The number of hydrogen-bond acceptors (Lipinski definition) is 1.